The topological polar surface area (TPSA) is 47.3 Å². The fourth-order valence-electron chi connectivity index (χ4n) is 1.46. The molecule has 66 valence electrons. The second-order valence-electron chi connectivity index (χ2n) is 2.87. The van der Waals surface area contributed by atoms with E-state index in [0.717, 1.165) is 37.3 Å². The lowest BCUT2D eigenvalue weighted by Crippen LogP contribution is -2.11. The van der Waals surface area contributed by atoms with E-state index in [4.69, 9.17) is 9.26 Å². The van der Waals surface area contributed by atoms with Crippen LogP contribution in [0, 0.1) is 0 Å². The molecule has 0 atom stereocenters. The highest BCUT2D eigenvalue weighted by Crippen LogP contribution is 2.23. The van der Waals surface area contributed by atoms with Gasteiger partial charge in [-0.1, -0.05) is 0 Å². The Hall–Kier alpha value is -1.03. The lowest BCUT2D eigenvalue weighted by molar-refractivity contribution is 0.322. The second-order valence-corrected chi connectivity index (χ2v) is 2.87. The molecule has 0 amide bonds. The monoisotopic (exact) mass is 168 g/mol. The number of fused-ring (bicyclic) bond motifs is 1. The molecule has 0 saturated heterocycles. The summed E-state index contributed by atoms with van der Waals surface area (Å²) >= 11 is 0. The van der Waals surface area contributed by atoms with E-state index in [1.165, 1.54) is 0 Å². The zero-order chi connectivity index (χ0) is 8.39. The summed E-state index contributed by atoms with van der Waals surface area (Å²) in [4.78, 5) is 0. The summed E-state index contributed by atoms with van der Waals surface area (Å²) in [7, 11) is 1.62. The van der Waals surface area contributed by atoms with E-state index in [0.29, 0.717) is 5.88 Å². The minimum absolute atomic E-state index is 0.647. The van der Waals surface area contributed by atoms with Gasteiger partial charge in [-0.05, 0) is 24.5 Å². The summed E-state index contributed by atoms with van der Waals surface area (Å²) in [6, 6.07) is 0. The van der Waals surface area contributed by atoms with Crippen molar-refractivity contribution in [2.45, 2.75) is 19.4 Å². The smallest absolute Gasteiger partial charge is 0.257 e. The highest BCUT2D eigenvalue weighted by molar-refractivity contribution is 5.29. The number of nitrogens with one attached hydrogen (secondary N) is 1. The molecule has 0 unspecified atom stereocenters. The van der Waals surface area contributed by atoms with Crippen LogP contribution >= 0.6 is 0 Å². The van der Waals surface area contributed by atoms with Gasteiger partial charge in [0.05, 0.1) is 19.2 Å². The molecule has 0 fully saturated rings. The molecule has 0 radical (unpaired) electrons. The highest BCUT2D eigenvalue weighted by atomic mass is 16.5. The number of hydrogen-bond acceptors (Lipinski definition) is 4. The Bertz CT molecular complexity index is 270. The molecule has 0 bridgehead atoms. The molecule has 0 spiro atoms. The largest absolute Gasteiger partial charge is 0.479 e. The van der Waals surface area contributed by atoms with E-state index in [2.05, 4.69) is 10.5 Å². The van der Waals surface area contributed by atoms with Crippen LogP contribution in [0.5, 0.6) is 5.88 Å². The van der Waals surface area contributed by atoms with Gasteiger partial charge in [0.15, 0.2) is 5.76 Å². The Labute approximate surface area is 70.9 Å². The van der Waals surface area contributed by atoms with Gasteiger partial charge < -0.3 is 14.6 Å². The Kier molecular flexibility index (Phi) is 1.99. The molecule has 1 aromatic heterocycles. The highest BCUT2D eigenvalue weighted by Gasteiger charge is 2.17. The summed E-state index contributed by atoms with van der Waals surface area (Å²) in [6.45, 7) is 1.80. The van der Waals surface area contributed by atoms with Crippen LogP contribution in [-0.2, 0) is 13.0 Å². The van der Waals surface area contributed by atoms with E-state index >= 15 is 0 Å². The molecule has 1 aromatic rings. The summed E-state index contributed by atoms with van der Waals surface area (Å²) in [5.74, 6) is 1.57. The first kappa shape index (κ1) is 7.61. The van der Waals surface area contributed by atoms with Crippen molar-refractivity contribution >= 4 is 0 Å². The molecular weight excluding hydrogens is 156 g/mol. The maximum atomic E-state index is 5.12. The number of aromatic nitrogens is 1. The number of nitrogens with zero attached hydrogens (tertiary/aromatic N) is 1. The third kappa shape index (κ3) is 1.18. The van der Waals surface area contributed by atoms with Crippen LogP contribution < -0.4 is 10.1 Å². The van der Waals surface area contributed by atoms with Crippen molar-refractivity contribution < 1.29 is 9.26 Å². The predicted octanol–water partition coefficient (Wildman–Crippen LogP) is 0.719. The fraction of sp³-hybridized carbons (Fsp3) is 0.625. The third-order valence-corrected chi connectivity index (χ3v) is 2.09. The molecule has 1 aliphatic heterocycles. The van der Waals surface area contributed by atoms with Crippen molar-refractivity contribution in [1.29, 1.82) is 0 Å². The van der Waals surface area contributed by atoms with Crippen LogP contribution in [0.3, 0.4) is 0 Å². The Morgan fingerprint density at radius 1 is 1.58 bits per heavy atom. The zero-order valence-corrected chi connectivity index (χ0v) is 7.09. The molecule has 4 nitrogen and oxygen atoms in total. The average molecular weight is 168 g/mol. The van der Waals surface area contributed by atoms with E-state index in [9.17, 15) is 0 Å². The van der Waals surface area contributed by atoms with E-state index in [1.54, 1.807) is 7.11 Å². The molecule has 2 heterocycles. The van der Waals surface area contributed by atoms with Crippen molar-refractivity contribution in [2.75, 3.05) is 13.7 Å². The first-order valence-corrected chi connectivity index (χ1v) is 4.14. The molecule has 2 rings (SSSR count). The van der Waals surface area contributed by atoms with Gasteiger partial charge in [0, 0.05) is 0 Å². The van der Waals surface area contributed by atoms with Crippen LogP contribution in [-0.4, -0.2) is 18.8 Å². The van der Waals surface area contributed by atoms with Gasteiger partial charge in [-0.25, -0.2) is 0 Å². The Balaban J connectivity index is 2.32. The molecule has 4 heteroatoms. The molecule has 12 heavy (non-hydrogen) atoms. The van der Waals surface area contributed by atoms with Gasteiger partial charge in [0.2, 0.25) is 0 Å². The van der Waals surface area contributed by atoms with Gasteiger partial charge >= 0.3 is 0 Å². The number of hydrogen-bond donors (Lipinski definition) is 1. The number of rotatable bonds is 1. The predicted molar refractivity (Wildman–Crippen MR) is 43.1 cm³/mol. The van der Waals surface area contributed by atoms with Crippen molar-refractivity contribution in [2.24, 2.45) is 0 Å². The summed E-state index contributed by atoms with van der Waals surface area (Å²) in [6.07, 6.45) is 2.11. The molecule has 0 aromatic carbocycles. The van der Waals surface area contributed by atoms with Crippen molar-refractivity contribution in [1.82, 2.24) is 10.5 Å². The van der Waals surface area contributed by atoms with Crippen LogP contribution in [0.1, 0.15) is 17.7 Å². The van der Waals surface area contributed by atoms with Gasteiger partial charge in [-0.15, -0.1) is 0 Å². The molecule has 1 aliphatic rings. The van der Waals surface area contributed by atoms with Crippen LogP contribution in [0.4, 0.5) is 0 Å². The average Bonchev–Trinajstić information content (AvgIpc) is 2.33. The van der Waals surface area contributed by atoms with Crippen LogP contribution in [0.2, 0.25) is 0 Å². The van der Waals surface area contributed by atoms with E-state index < -0.39 is 0 Å². The fourth-order valence-corrected chi connectivity index (χ4v) is 1.46. The Morgan fingerprint density at radius 2 is 2.50 bits per heavy atom. The minimum Gasteiger partial charge on any atom is -0.479 e. The molecular formula is C8H12N2O2. The van der Waals surface area contributed by atoms with E-state index in [-0.39, 0.29) is 0 Å². The summed E-state index contributed by atoms with van der Waals surface area (Å²) < 4.78 is 10.2. The van der Waals surface area contributed by atoms with Gasteiger partial charge in [-0.2, -0.15) is 0 Å². The lowest BCUT2D eigenvalue weighted by Gasteiger charge is -1.96. The number of ether oxygens (including phenoxy) is 1. The van der Waals surface area contributed by atoms with Crippen molar-refractivity contribution in [3.05, 3.63) is 11.3 Å². The van der Waals surface area contributed by atoms with Crippen molar-refractivity contribution in [3.8, 4) is 5.88 Å². The maximum Gasteiger partial charge on any atom is 0.257 e. The van der Waals surface area contributed by atoms with Crippen LogP contribution in [0.15, 0.2) is 4.52 Å². The second kappa shape index (κ2) is 3.15. The molecule has 0 saturated carbocycles. The zero-order valence-electron chi connectivity index (χ0n) is 7.09. The SMILES string of the molecule is COc1noc2c1CCCNC2. The first-order chi connectivity index (χ1) is 5.92. The lowest BCUT2D eigenvalue weighted by atomic mass is 10.1. The van der Waals surface area contributed by atoms with Crippen LogP contribution in [0.25, 0.3) is 0 Å². The first-order valence-electron chi connectivity index (χ1n) is 4.14. The molecule has 1 N–H and O–H groups in total. The normalized spacial score (nSPS) is 16.8. The molecule has 0 aliphatic carbocycles. The minimum atomic E-state index is 0.647. The maximum absolute atomic E-state index is 5.12. The van der Waals surface area contributed by atoms with Crippen molar-refractivity contribution in [3.63, 3.8) is 0 Å². The number of methoxy groups -OCH3 is 1. The third-order valence-electron chi connectivity index (χ3n) is 2.09. The summed E-state index contributed by atoms with van der Waals surface area (Å²) in [5.41, 5.74) is 1.13. The van der Waals surface area contributed by atoms with Gasteiger partial charge in [0.1, 0.15) is 0 Å². The Morgan fingerprint density at radius 3 is 3.33 bits per heavy atom. The quantitative estimate of drug-likeness (QED) is 0.671. The standard InChI is InChI=1S/C8H12N2O2/c1-11-8-6-3-2-4-9-5-7(6)12-10-8/h9H,2-5H2,1H3. The van der Waals surface area contributed by atoms with Gasteiger partial charge in [0.25, 0.3) is 5.88 Å². The van der Waals surface area contributed by atoms with E-state index in [1.807, 2.05) is 0 Å². The van der Waals surface area contributed by atoms with Gasteiger partial charge in [-0.3, -0.25) is 0 Å². The summed E-state index contributed by atoms with van der Waals surface area (Å²) in [5, 5.41) is 7.07.